The van der Waals surface area contributed by atoms with Crippen LogP contribution in [0.5, 0.6) is 0 Å². The quantitative estimate of drug-likeness (QED) is 0.450. The van der Waals surface area contributed by atoms with Crippen molar-refractivity contribution >= 4 is 18.7 Å². The van der Waals surface area contributed by atoms with Gasteiger partial charge in [0.2, 0.25) is 0 Å². The van der Waals surface area contributed by atoms with Crippen LogP contribution in [0.1, 0.15) is 24.5 Å². The fourth-order valence-corrected chi connectivity index (χ4v) is 4.12. The van der Waals surface area contributed by atoms with E-state index in [2.05, 4.69) is 50.3 Å². The zero-order valence-electron chi connectivity index (χ0n) is 18.7. The van der Waals surface area contributed by atoms with Gasteiger partial charge in [-0.1, -0.05) is 18.6 Å². The lowest BCUT2D eigenvalue weighted by Crippen LogP contribution is -2.18. The van der Waals surface area contributed by atoms with Gasteiger partial charge in [0.25, 0.3) is 0 Å². The molecule has 29 heavy (non-hydrogen) atoms. The summed E-state index contributed by atoms with van der Waals surface area (Å²) in [5.74, 6) is 0. The lowest BCUT2D eigenvalue weighted by molar-refractivity contribution is 0.0867. The molecular weight excluding hydrogens is 389 g/mol. The largest absolute Gasteiger partial charge is 0.476 e. The number of aromatic nitrogens is 1. The van der Waals surface area contributed by atoms with Gasteiger partial charge in [-0.2, -0.15) is 0 Å². The Morgan fingerprint density at radius 3 is 2.34 bits per heavy atom. The van der Waals surface area contributed by atoms with Gasteiger partial charge in [-0.15, -0.1) is 0 Å². The van der Waals surface area contributed by atoms with Crippen LogP contribution in [-0.2, 0) is 31.3 Å². The summed E-state index contributed by atoms with van der Waals surface area (Å²) in [5.41, 5.74) is 3.52. The van der Waals surface area contributed by atoms with Crippen molar-refractivity contribution in [2.24, 2.45) is 0 Å². The molecule has 164 valence electrons. The number of benzene rings is 1. The smallest absolute Gasteiger partial charge is 0.323 e. The van der Waals surface area contributed by atoms with E-state index in [1.165, 1.54) is 16.5 Å². The van der Waals surface area contributed by atoms with E-state index in [1.54, 1.807) is 0 Å². The number of nitrogens with zero attached hydrogens (tertiary/aromatic N) is 3. The van der Waals surface area contributed by atoms with Crippen LogP contribution in [0.15, 0.2) is 24.4 Å². The fourth-order valence-electron chi connectivity index (χ4n) is 2.92. The van der Waals surface area contributed by atoms with Gasteiger partial charge in [0, 0.05) is 24.7 Å². The first-order valence-electron chi connectivity index (χ1n) is 10.2. The Balaban J connectivity index is 2.18. The van der Waals surface area contributed by atoms with E-state index < -0.39 is 7.82 Å². The van der Waals surface area contributed by atoms with Gasteiger partial charge in [-0.05, 0) is 65.7 Å². The predicted molar refractivity (Wildman–Crippen MR) is 118 cm³/mol. The molecule has 2 aromatic rings. The normalized spacial score (nSPS) is 14.2. The minimum atomic E-state index is -3.62. The first kappa shape index (κ1) is 24.1. The van der Waals surface area contributed by atoms with Crippen LogP contribution in [0.25, 0.3) is 10.9 Å². The topological polar surface area (TPSA) is 56.2 Å². The minimum Gasteiger partial charge on any atom is -0.323 e. The molecule has 0 amide bonds. The highest BCUT2D eigenvalue weighted by Gasteiger charge is 2.27. The third-order valence-corrected chi connectivity index (χ3v) is 5.97. The molecule has 0 aliphatic heterocycles. The van der Waals surface area contributed by atoms with Crippen molar-refractivity contribution in [3.05, 3.63) is 35.5 Å². The van der Waals surface area contributed by atoms with Crippen molar-refractivity contribution in [2.45, 2.75) is 33.4 Å². The third-order valence-electron chi connectivity index (χ3n) is 4.54. The summed E-state index contributed by atoms with van der Waals surface area (Å²) in [6.07, 6.45) is 3.76. The molecule has 0 saturated carbocycles. The molecule has 0 fully saturated rings. The van der Waals surface area contributed by atoms with Gasteiger partial charge in [-0.25, -0.2) is 4.57 Å². The van der Waals surface area contributed by atoms with Gasteiger partial charge in [0.05, 0.1) is 18.7 Å². The van der Waals surface area contributed by atoms with Crippen LogP contribution in [0.4, 0.5) is 0 Å². The second-order valence-corrected chi connectivity index (χ2v) is 9.54. The zero-order valence-corrected chi connectivity index (χ0v) is 19.6. The monoisotopic (exact) mass is 425 g/mol. The Bertz CT molecular complexity index is 820. The number of fused-ring (bicyclic) bond motifs is 1. The lowest BCUT2D eigenvalue weighted by atomic mass is 10.1. The first-order chi connectivity index (χ1) is 13.7. The molecule has 0 bridgehead atoms. The molecule has 2 rings (SSSR count). The van der Waals surface area contributed by atoms with E-state index >= 15 is 0 Å². The number of hydrogen-bond donors (Lipinski definition) is 0. The molecule has 0 spiro atoms. The number of likely N-dealkylation sites (N-methyl/N-ethyl adjacent to an activating group) is 2. The highest BCUT2D eigenvalue weighted by Crippen LogP contribution is 2.50. The minimum absolute atomic E-state index is 0.116. The lowest BCUT2D eigenvalue weighted by Gasteiger charge is -2.19. The second kappa shape index (κ2) is 11.3. The van der Waals surface area contributed by atoms with Crippen LogP contribution in [0.3, 0.4) is 0 Å². The van der Waals surface area contributed by atoms with Gasteiger partial charge in [0.1, 0.15) is 6.73 Å². The summed E-state index contributed by atoms with van der Waals surface area (Å²) in [4.78, 5) is 4.13. The van der Waals surface area contributed by atoms with Crippen molar-refractivity contribution in [3.8, 4) is 0 Å². The zero-order chi connectivity index (χ0) is 21.4. The van der Waals surface area contributed by atoms with E-state index in [0.717, 1.165) is 24.9 Å². The SMILES string of the molecule is CCCOP(=O)(OCCN(C)C)OCn1cc(CCN(C)C)c2cc(C)ccc21. The van der Waals surface area contributed by atoms with E-state index in [0.29, 0.717) is 13.2 Å². The molecule has 0 radical (unpaired) electrons. The molecule has 0 saturated heterocycles. The highest BCUT2D eigenvalue weighted by atomic mass is 31.2. The Labute approximate surface area is 175 Å². The Morgan fingerprint density at radius 1 is 1.00 bits per heavy atom. The fraction of sp³-hybridized carbons (Fsp3) is 0.619. The highest BCUT2D eigenvalue weighted by molar-refractivity contribution is 7.48. The average molecular weight is 426 g/mol. The Morgan fingerprint density at radius 2 is 1.69 bits per heavy atom. The van der Waals surface area contributed by atoms with Crippen molar-refractivity contribution in [1.29, 1.82) is 0 Å². The molecule has 0 aliphatic carbocycles. The number of hydrogen-bond acceptors (Lipinski definition) is 6. The summed E-state index contributed by atoms with van der Waals surface area (Å²) in [6, 6.07) is 6.35. The summed E-state index contributed by atoms with van der Waals surface area (Å²) in [7, 11) is 4.39. The molecule has 1 atom stereocenters. The van der Waals surface area contributed by atoms with Crippen LogP contribution < -0.4 is 0 Å². The van der Waals surface area contributed by atoms with Gasteiger partial charge < -0.3 is 14.4 Å². The van der Waals surface area contributed by atoms with Crippen LogP contribution >= 0.6 is 7.82 Å². The van der Waals surface area contributed by atoms with Crippen molar-refractivity contribution in [3.63, 3.8) is 0 Å². The summed E-state index contributed by atoms with van der Waals surface area (Å²) in [6.45, 7) is 6.39. The van der Waals surface area contributed by atoms with E-state index in [4.69, 9.17) is 13.6 Å². The van der Waals surface area contributed by atoms with Gasteiger partial charge in [-0.3, -0.25) is 13.6 Å². The molecule has 0 N–H and O–H groups in total. The molecule has 0 aliphatic rings. The maximum Gasteiger partial charge on any atom is 0.476 e. The molecule has 7 nitrogen and oxygen atoms in total. The number of phosphoric acid groups is 1. The molecule has 1 heterocycles. The van der Waals surface area contributed by atoms with E-state index in [-0.39, 0.29) is 13.3 Å². The standard InChI is InChI=1S/C21H36N3O4P/c1-7-13-26-29(25,27-14-12-23(5)6)28-17-24-16-19(10-11-22(3)4)20-15-18(2)8-9-21(20)24/h8-9,15-16H,7,10-14,17H2,1-6H3. The summed E-state index contributed by atoms with van der Waals surface area (Å²) >= 11 is 0. The molecule has 1 aromatic carbocycles. The summed E-state index contributed by atoms with van der Waals surface area (Å²) in [5, 5.41) is 1.20. The number of rotatable bonds is 13. The molecule has 1 unspecified atom stereocenters. The van der Waals surface area contributed by atoms with Crippen molar-refractivity contribution in [1.82, 2.24) is 14.4 Å². The Kier molecular flexibility index (Phi) is 9.34. The third kappa shape index (κ3) is 7.52. The molecule has 8 heteroatoms. The van der Waals surface area contributed by atoms with Gasteiger partial charge in [0.15, 0.2) is 0 Å². The van der Waals surface area contributed by atoms with Crippen LogP contribution in [-0.4, -0.2) is 68.9 Å². The second-order valence-electron chi connectivity index (χ2n) is 7.87. The predicted octanol–water partition coefficient (Wildman–Crippen LogP) is 4.14. The van der Waals surface area contributed by atoms with Crippen LogP contribution in [0.2, 0.25) is 0 Å². The first-order valence-corrected chi connectivity index (χ1v) is 11.6. The summed E-state index contributed by atoms with van der Waals surface area (Å²) < 4.78 is 31.7. The van der Waals surface area contributed by atoms with Crippen molar-refractivity contribution < 1.29 is 18.1 Å². The van der Waals surface area contributed by atoms with Gasteiger partial charge >= 0.3 is 7.82 Å². The van der Waals surface area contributed by atoms with Crippen LogP contribution in [0, 0.1) is 6.92 Å². The molecular formula is C21H36N3O4P. The average Bonchev–Trinajstić information content (AvgIpc) is 3.00. The van der Waals surface area contributed by atoms with E-state index in [9.17, 15) is 4.57 Å². The Hall–Kier alpha value is -1.21. The number of aryl methyl sites for hydroxylation is 1. The van der Waals surface area contributed by atoms with E-state index in [1.807, 2.05) is 30.5 Å². The maximum atomic E-state index is 13.0. The maximum absolute atomic E-state index is 13.0. The van der Waals surface area contributed by atoms with Crippen molar-refractivity contribution in [2.75, 3.05) is 54.5 Å². The number of phosphoric ester groups is 1. The molecule has 1 aromatic heterocycles.